The summed E-state index contributed by atoms with van der Waals surface area (Å²) >= 11 is 0. The molecule has 6 nitrogen and oxygen atoms in total. The quantitative estimate of drug-likeness (QED) is 0.826. The van der Waals surface area contributed by atoms with Crippen molar-refractivity contribution in [1.29, 1.82) is 0 Å². The number of furan rings is 1. The average Bonchev–Trinajstić information content (AvgIpc) is 2.97. The van der Waals surface area contributed by atoms with E-state index >= 15 is 0 Å². The number of ether oxygens (including phenoxy) is 1. The third-order valence-corrected chi connectivity index (χ3v) is 2.42. The van der Waals surface area contributed by atoms with Crippen molar-refractivity contribution in [1.82, 2.24) is 10.9 Å². The van der Waals surface area contributed by atoms with Crippen LogP contribution in [0.2, 0.25) is 0 Å². The van der Waals surface area contributed by atoms with Crippen LogP contribution in [-0.4, -0.2) is 18.4 Å². The monoisotopic (exact) mass is 274 g/mol. The van der Waals surface area contributed by atoms with Crippen LogP contribution >= 0.6 is 0 Å². The van der Waals surface area contributed by atoms with E-state index in [0.717, 1.165) is 5.56 Å². The maximum atomic E-state index is 11.5. The number of amides is 2. The van der Waals surface area contributed by atoms with Crippen molar-refractivity contribution in [3.8, 4) is 5.75 Å². The molecule has 0 aliphatic heterocycles. The molecule has 2 aromatic rings. The molecule has 20 heavy (non-hydrogen) atoms. The molecule has 0 radical (unpaired) electrons. The molecule has 0 saturated heterocycles. The second-order valence-electron chi connectivity index (χ2n) is 4.08. The highest BCUT2D eigenvalue weighted by molar-refractivity contribution is 5.92. The Morgan fingerprint density at radius 1 is 1.20 bits per heavy atom. The van der Waals surface area contributed by atoms with Crippen molar-refractivity contribution < 1.29 is 18.7 Å². The molecule has 0 fully saturated rings. The van der Waals surface area contributed by atoms with Crippen LogP contribution in [-0.2, 0) is 4.79 Å². The number of aryl methyl sites for hydroxylation is 1. The summed E-state index contributed by atoms with van der Waals surface area (Å²) in [6.45, 7) is 1.73. The van der Waals surface area contributed by atoms with Crippen LogP contribution in [0.25, 0.3) is 0 Å². The fourth-order valence-electron chi connectivity index (χ4n) is 1.49. The Morgan fingerprint density at radius 3 is 2.75 bits per heavy atom. The van der Waals surface area contributed by atoms with Gasteiger partial charge in [0.2, 0.25) is 0 Å². The van der Waals surface area contributed by atoms with Gasteiger partial charge in [-0.2, -0.15) is 0 Å². The van der Waals surface area contributed by atoms with Gasteiger partial charge in [0.05, 0.1) is 6.26 Å². The molecule has 1 heterocycles. The van der Waals surface area contributed by atoms with E-state index in [1.165, 1.54) is 12.3 Å². The minimum atomic E-state index is -0.529. The number of hydrogen-bond donors (Lipinski definition) is 2. The van der Waals surface area contributed by atoms with Crippen LogP contribution in [0.4, 0.5) is 0 Å². The van der Waals surface area contributed by atoms with E-state index in [4.69, 9.17) is 9.15 Å². The Bertz CT molecular complexity index is 593. The Labute approximate surface area is 115 Å². The zero-order valence-corrected chi connectivity index (χ0v) is 10.9. The Hall–Kier alpha value is -2.76. The summed E-state index contributed by atoms with van der Waals surface area (Å²) in [5, 5.41) is 0. The third kappa shape index (κ3) is 3.88. The molecule has 2 rings (SSSR count). The zero-order chi connectivity index (χ0) is 14.4. The SMILES string of the molecule is Cc1cccc(OCC(=O)NNC(=O)c2ccco2)c1. The molecule has 0 spiro atoms. The highest BCUT2D eigenvalue weighted by Crippen LogP contribution is 2.11. The number of carbonyl (C=O) groups excluding carboxylic acids is 2. The minimum absolute atomic E-state index is 0.116. The van der Waals surface area contributed by atoms with Crippen molar-refractivity contribution in [2.75, 3.05) is 6.61 Å². The topological polar surface area (TPSA) is 80.6 Å². The van der Waals surface area contributed by atoms with Gasteiger partial charge in [-0.3, -0.25) is 20.4 Å². The summed E-state index contributed by atoms with van der Waals surface area (Å²) in [5.41, 5.74) is 5.49. The van der Waals surface area contributed by atoms with Gasteiger partial charge in [0.15, 0.2) is 12.4 Å². The van der Waals surface area contributed by atoms with Crippen molar-refractivity contribution in [2.45, 2.75) is 6.92 Å². The predicted octanol–water partition coefficient (Wildman–Crippen LogP) is 1.43. The van der Waals surface area contributed by atoms with E-state index in [1.807, 2.05) is 25.1 Å². The first kappa shape index (κ1) is 13.7. The van der Waals surface area contributed by atoms with Gasteiger partial charge >= 0.3 is 5.91 Å². The molecule has 0 aliphatic rings. The zero-order valence-electron chi connectivity index (χ0n) is 10.9. The van der Waals surface area contributed by atoms with Gasteiger partial charge in [0.25, 0.3) is 5.91 Å². The second-order valence-corrected chi connectivity index (χ2v) is 4.08. The van der Waals surface area contributed by atoms with Gasteiger partial charge in [0, 0.05) is 0 Å². The van der Waals surface area contributed by atoms with E-state index < -0.39 is 11.8 Å². The standard InChI is InChI=1S/C14H14N2O4/c1-10-4-2-5-11(8-10)20-9-13(17)15-16-14(18)12-6-3-7-19-12/h2-8H,9H2,1H3,(H,15,17)(H,16,18). The lowest BCUT2D eigenvalue weighted by molar-refractivity contribution is -0.123. The number of carbonyl (C=O) groups is 2. The van der Waals surface area contributed by atoms with Gasteiger partial charge in [-0.1, -0.05) is 12.1 Å². The van der Waals surface area contributed by atoms with Gasteiger partial charge < -0.3 is 9.15 Å². The normalized spacial score (nSPS) is 9.85. The van der Waals surface area contributed by atoms with Gasteiger partial charge in [0.1, 0.15) is 5.75 Å². The van der Waals surface area contributed by atoms with E-state index in [-0.39, 0.29) is 12.4 Å². The molecular weight excluding hydrogens is 260 g/mol. The smallest absolute Gasteiger partial charge is 0.305 e. The van der Waals surface area contributed by atoms with Crippen LogP contribution in [0.5, 0.6) is 5.75 Å². The van der Waals surface area contributed by atoms with Crippen molar-refractivity contribution in [2.24, 2.45) is 0 Å². The summed E-state index contributed by atoms with van der Waals surface area (Å²) in [6, 6.07) is 10.4. The summed E-state index contributed by atoms with van der Waals surface area (Å²) in [7, 11) is 0. The molecule has 6 heteroatoms. The largest absolute Gasteiger partial charge is 0.484 e. The maximum Gasteiger partial charge on any atom is 0.305 e. The molecule has 0 aliphatic carbocycles. The third-order valence-electron chi connectivity index (χ3n) is 2.42. The van der Waals surface area contributed by atoms with Gasteiger partial charge in [-0.25, -0.2) is 0 Å². The molecule has 0 atom stereocenters. The first-order chi connectivity index (χ1) is 9.65. The van der Waals surface area contributed by atoms with Crippen molar-refractivity contribution >= 4 is 11.8 Å². The van der Waals surface area contributed by atoms with E-state index in [0.29, 0.717) is 5.75 Å². The highest BCUT2D eigenvalue weighted by Gasteiger charge is 2.09. The maximum absolute atomic E-state index is 11.5. The van der Waals surface area contributed by atoms with E-state index in [1.54, 1.807) is 12.1 Å². The number of nitrogens with one attached hydrogen (secondary N) is 2. The van der Waals surface area contributed by atoms with Gasteiger partial charge in [-0.05, 0) is 36.8 Å². The second kappa shape index (κ2) is 6.42. The van der Waals surface area contributed by atoms with Crippen LogP contribution in [0.3, 0.4) is 0 Å². The first-order valence-corrected chi connectivity index (χ1v) is 5.97. The molecule has 0 saturated carbocycles. The number of benzene rings is 1. The Kier molecular flexibility index (Phi) is 4.39. The lowest BCUT2D eigenvalue weighted by atomic mass is 10.2. The molecule has 2 N–H and O–H groups in total. The minimum Gasteiger partial charge on any atom is -0.484 e. The lowest BCUT2D eigenvalue weighted by Crippen LogP contribution is -2.43. The number of rotatable bonds is 4. The van der Waals surface area contributed by atoms with Crippen LogP contribution in [0, 0.1) is 6.92 Å². The van der Waals surface area contributed by atoms with E-state index in [2.05, 4.69) is 10.9 Å². The van der Waals surface area contributed by atoms with Crippen LogP contribution < -0.4 is 15.6 Å². The Morgan fingerprint density at radius 2 is 2.05 bits per heavy atom. The number of hydrazine groups is 1. The van der Waals surface area contributed by atoms with Gasteiger partial charge in [-0.15, -0.1) is 0 Å². The van der Waals surface area contributed by atoms with Crippen molar-refractivity contribution in [3.05, 3.63) is 54.0 Å². The fraction of sp³-hybridized carbons (Fsp3) is 0.143. The lowest BCUT2D eigenvalue weighted by Gasteiger charge is -2.08. The predicted molar refractivity (Wildman–Crippen MR) is 71.0 cm³/mol. The number of hydrogen-bond acceptors (Lipinski definition) is 4. The molecular formula is C14H14N2O4. The first-order valence-electron chi connectivity index (χ1n) is 5.97. The van der Waals surface area contributed by atoms with Crippen LogP contribution in [0.15, 0.2) is 47.1 Å². The Balaban J connectivity index is 1.74. The molecule has 0 bridgehead atoms. The average molecular weight is 274 g/mol. The van der Waals surface area contributed by atoms with Crippen LogP contribution in [0.1, 0.15) is 16.1 Å². The summed E-state index contributed by atoms with van der Waals surface area (Å²) in [4.78, 5) is 23.0. The summed E-state index contributed by atoms with van der Waals surface area (Å²) in [5.74, 6) is -0.285. The summed E-state index contributed by atoms with van der Waals surface area (Å²) < 4.78 is 10.2. The molecule has 104 valence electrons. The molecule has 1 aromatic heterocycles. The molecule has 2 amide bonds. The molecule has 0 unspecified atom stereocenters. The fourth-order valence-corrected chi connectivity index (χ4v) is 1.49. The van der Waals surface area contributed by atoms with Crippen molar-refractivity contribution in [3.63, 3.8) is 0 Å². The van der Waals surface area contributed by atoms with E-state index in [9.17, 15) is 9.59 Å². The summed E-state index contributed by atoms with van der Waals surface area (Å²) in [6.07, 6.45) is 1.37. The highest BCUT2D eigenvalue weighted by atomic mass is 16.5. The molecule has 1 aromatic carbocycles.